The second-order valence-corrected chi connectivity index (χ2v) is 8.13. The number of aryl methyl sites for hydroxylation is 1. The molecule has 7 heteroatoms. The molecule has 6 nitrogen and oxygen atoms in total. The first-order chi connectivity index (χ1) is 14.5. The van der Waals surface area contributed by atoms with Gasteiger partial charge >= 0.3 is 0 Å². The average molecular weight is 423 g/mol. The van der Waals surface area contributed by atoms with Crippen LogP contribution in [0.3, 0.4) is 0 Å². The molecule has 3 rings (SSSR count). The lowest BCUT2D eigenvalue weighted by atomic mass is 9.98. The summed E-state index contributed by atoms with van der Waals surface area (Å²) in [4.78, 5) is 25.6. The lowest BCUT2D eigenvalue weighted by Gasteiger charge is -2.23. The van der Waals surface area contributed by atoms with Crippen molar-refractivity contribution in [2.45, 2.75) is 39.7 Å². The highest BCUT2D eigenvalue weighted by Crippen LogP contribution is 2.26. The van der Waals surface area contributed by atoms with Gasteiger partial charge in [-0.05, 0) is 30.0 Å². The third-order valence-corrected chi connectivity index (χ3v) is 5.97. The molecule has 2 atom stereocenters. The summed E-state index contributed by atoms with van der Waals surface area (Å²) in [7, 11) is 0. The first-order valence-electron chi connectivity index (χ1n) is 10.1. The summed E-state index contributed by atoms with van der Waals surface area (Å²) in [6.45, 7) is 6.00. The van der Waals surface area contributed by atoms with E-state index in [-0.39, 0.29) is 17.7 Å². The number of rotatable bonds is 8. The lowest BCUT2D eigenvalue weighted by molar-refractivity contribution is -0.119. The number of hydrogen-bond acceptors (Lipinski definition) is 5. The van der Waals surface area contributed by atoms with E-state index in [1.165, 1.54) is 11.3 Å². The molecule has 3 aromatic rings. The number of nitrogens with one attached hydrogen (secondary N) is 2. The van der Waals surface area contributed by atoms with Crippen LogP contribution in [0.5, 0.6) is 0 Å². The number of anilines is 1. The summed E-state index contributed by atoms with van der Waals surface area (Å²) in [5.41, 5.74) is 2.64. The lowest BCUT2D eigenvalue weighted by Crippen LogP contribution is -2.47. The summed E-state index contributed by atoms with van der Waals surface area (Å²) in [5.74, 6) is -0.593. The summed E-state index contributed by atoms with van der Waals surface area (Å²) >= 11 is 1.30. The van der Waals surface area contributed by atoms with E-state index < -0.39 is 6.04 Å². The highest BCUT2D eigenvalue weighted by Gasteiger charge is 2.27. The largest absolute Gasteiger partial charge is 0.340 e. The standard InChI is InChI=1S/C23H26N4O2S/c1-4-15(3)19(24-20(28)17-13-11-16(5-2)12-14-17)21(29)25-23-27-26-22(30-23)18-9-7-6-8-10-18/h6-15,19H,4-5H2,1-3H3,(H,24,28)(H,25,27,29). The van der Waals surface area contributed by atoms with Gasteiger partial charge in [-0.1, -0.05) is 81.0 Å². The van der Waals surface area contributed by atoms with Crippen molar-refractivity contribution in [3.05, 3.63) is 65.7 Å². The number of aromatic nitrogens is 2. The van der Waals surface area contributed by atoms with Crippen molar-refractivity contribution in [1.82, 2.24) is 15.5 Å². The Bertz CT molecular complexity index is 986. The van der Waals surface area contributed by atoms with Crippen molar-refractivity contribution in [3.63, 3.8) is 0 Å². The van der Waals surface area contributed by atoms with Crippen LogP contribution in [0.15, 0.2) is 54.6 Å². The van der Waals surface area contributed by atoms with Crippen LogP contribution >= 0.6 is 11.3 Å². The van der Waals surface area contributed by atoms with E-state index in [1.54, 1.807) is 12.1 Å². The van der Waals surface area contributed by atoms with Gasteiger partial charge in [0, 0.05) is 11.1 Å². The molecule has 0 aliphatic heterocycles. The monoisotopic (exact) mass is 422 g/mol. The summed E-state index contributed by atoms with van der Waals surface area (Å²) in [6, 6.07) is 16.4. The van der Waals surface area contributed by atoms with Crippen molar-refractivity contribution >= 4 is 28.3 Å². The first kappa shape index (κ1) is 21.6. The normalized spacial score (nSPS) is 12.8. The van der Waals surface area contributed by atoms with Crippen LogP contribution in [0.1, 0.15) is 43.1 Å². The van der Waals surface area contributed by atoms with Crippen LogP contribution in [0.4, 0.5) is 5.13 Å². The third kappa shape index (κ3) is 5.30. The molecule has 1 aromatic heterocycles. The van der Waals surface area contributed by atoms with Gasteiger partial charge < -0.3 is 5.32 Å². The molecule has 156 valence electrons. The predicted molar refractivity (Wildman–Crippen MR) is 121 cm³/mol. The van der Waals surface area contributed by atoms with Crippen LogP contribution in [-0.4, -0.2) is 28.1 Å². The molecule has 2 aromatic carbocycles. The van der Waals surface area contributed by atoms with Crippen LogP contribution in [0.2, 0.25) is 0 Å². The molecule has 0 aliphatic rings. The maximum atomic E-state index is 12.9. The molecule has 1 heterocycles. The van der Waals surface area contributed by atoms with Gasteiger partial charge in [0.15, 0.2) is 0 Å². The fourth-order valence-corrected chi connectivity index (χ4v) is 3.72. The van der Waals surface area contributed by atoms with Crippen LogP contribution in [0.25, 0.3) is 10.6 Å². The van der Waals surface area contributed by atoms with Crippen LogP contribution in [0, 0.1) is 5.92 Å². The highest BCUT2D eigenvalue weighted by molar-refractivity contribution is 7.18. The first-order valence-corrected chi connectivity index (χ1v) is 10.9. The van der Waals surface area contributed by atoms with E-state index in [4.69, 9.17) is 0 Å². The average Bonchev–Trinajstić information content (AvgIpc) is 3.25. The van der Waals surface area contributed by atoms with Crippen LogP contribution in [-0.2, 0) is 11.2 Å². The van der Waals surface area contributed by atoms with Gasteiger partial charge in [-0.2, -0.15) is 0 Å². The fraction of sp³-hybridized carbons (Fsp3) is 0.304. The Morgan fingerprint density at radius 3 is 2.33 bits per heavy atom. The fourth-order valence-electron chi connectivity index (χ4n) is 2.97. The van der Waals surface area contributed by atoms with Gasteiger partial charge in [0.1, 0.15) is 11.0 Å². The van der Waals surface area contributed by atoms with Gasteiger partial charge in [0.2, 0.25) is 11.0 Å². The van der Waals surface area contributed by atoms with Gasteiger partial charge in [0.05, 0.1) is 0 Å². The molecule has 2 amide bonds. The van der Waals surface area contributed by atoms with Gasteiger partial charge in [-0.15, -0.1) is 10.2 Å². The Balaban J connectivity index is 1.71. The zero-order chi connectivity index (χ0) is 21.5. The maximum Gasteiger partial charge on any atom is 0.251 e. The molecule has 0 spiro atoms. The topological polar surface area (TPSA) is 84.0 Å². The van der Waals surface area contributed by atoms with E-state index in [2.05, 4.69) is 27.8 Å². The van der Waals surface area contributed by atoms with Crippen molar-refractivity contribution in [2.75, 3.05) is 5.32 Å². The third-order valence-electron chi connectivity index (χ3n) is 5.08. The number of benzene rings is 2. The summed E-state index contributed by atoms with van der Waals surface area (Å²) < 4.78 is 0. The SMILES string of the molecule is CCc1ccc(C(=O)NC(C(=O)Nc2nnc(-c3ccccc3)s2)C(C)CC)cc1. The predicted octanol–water partition coefficient (Wildman–Crippen LogP) is 4.55. The maximum absolute atomic E-state index is 12.9. The molecule has 0 fully saturated rings. The molecular formula is C23H26N4O2S. The molecular weight excluding hydrogens is 396 g/mol. The highest BCUT2D eigenvalue weighted by atomic mass is 32.1. The smallest absolute Gasteiger partial charge is 0.251 e. The van der Waals surface area contributed by atoms with Gasteiger partial charge in [-0.25, -0.2) is 0 Å². The minimum atomic E-state index is -0.669. The minimum Gasteiger partial charge on any atom is -0.340 e. The van der Waals surface area contributed by atoms with Gasteiger partial charge in [0.25, 0.3) is 5.91 Å². The Morgan fingerprint density at radius 2 is 1.70 bits per heavy atom. The molecule has 0 radical (unpaired) electrons. The minimum absolute atomic E-state index is 0.0367. The Kier molecular flexibility index (Phi) is 7.30. The zero-order valence-corrected chi connectivity index (χ0v) is 18.2. The second kappa shape index (κ2) is 10.1. The van der Waals surface area contributed by atoms with E-state index in [1.807, 2.05) is 56.3 Å². The van der Waals surface area contributed by atoms with Crippen molar-refractivity contribution in [1.29, 1.82) is 0 Å². The molecule has 30 heavy (non-hydrogen) atoms. The number of nitrogens with zero attached hydrogens (tertiary/aromatic N) is 2. The van der Waals surface area contributed by atoms with E-state index >= 15 is 0 Å². The molecule has 2 unspecified atom stereocenters. The molecule has 0 saturated heterocycles. The summed E-state index contributed by atoms with van der Waals surface area (Å²) in [5, 5.41) is 15.1. The Hall–Kier alpha value is -3.06. The van der Waals surface area contributed by atoms with E-state index in [0.29, 0.717) is 10.7 Å². The van der Waals surface area contributed by atoms with Crippen molar-refractivity contribution in [3.8, 4) is 10.6 Å². The van der Waals surface area contributed by atoms with E-state index in [0.717, 1.165) is 29.0 Å². The molecule has 0 bridgehead atoms. The number of hydrogen-bond donors (Lipinski definition) is 2. The summed E-state index contributed by atoms with van der Waals surface area (Å²) in [6.07, 6.45) is 1.66. The number of carbonyl (C=O) groups excluding carboxylic acids is 2. The number of carbonyl (C=O) groups is 2. The van der Waals surface area contributed by atoms with E-state index in [9.17, 15) is 9.59 Å². The van der Waals surface area contributed by atoms with Crippen molar-refractivity contribution in [2.24, 2.45) is 5.92 Å². The Labute approximate surface area is 180 Å². The van der Waals surface area contributed by atoms with Crippen LogP contribution < -0.4 is 10.6 Å². The second-order valence-electron chi connectivity index (χ2n) is 7.15. The Morgan fingerprint density at radius 1 is 1.00 bits per heavy atom. The zero-order valence-electron chi connectivity index (χ0n) is 17.4. The van der Waals surface area contributed by atoms with Crippen molar-refractivity contribution < 1.29 is 9.59 Å². The number of amides is 2. The van der Waals surface area contributed by atoms with Gasteiger partial charge in [-0.3, -0.25) is 14.9 Å². The molecule has 2 N–H and O–H groups in total. The molecule has 0 saturated carbocycles. The quantitative estimate of drug-likeness (QED) is 0.558. The molecule has 0 aliphatic carbocycles.